The number of carbonyl (C=O) groups excluding carboxylic acids is 1. The van der Waals surface area contributed by atoms with Crippen LogP contribution in [0.4, 0.5) is 4.79 Å². The van der Waals surface area contributed by atoms with Crippen molar-refractivity contribution in [3.8, 4) is 0 Å². The van der Waals surface area contributed by atoms with Gasteiger partial charge in [0.05, 0.1) is 18.3 Å². The Bertz CT molecular complexity index is 762. The summed E-state index contributed by atoms with van der Waals surface area (Å²) in [6.45, 7) is 3.26. The van der Waals surface area contributed by atoms with Crippen molar-refractivity contribution in [2.75, 3.05) is 40.3 Å². The van der Waals surface area contributed by atoms with Crippen LogP contribution in [0.25, 0.3) is 10.8 Å². The fraction of sp³-hybridized carbons (Fsp3) is 0.438. The third-order valence-electron chi connectivity index (χ3n) is 4.12. The smallest absolute Gasteiger partial charge is 0.319 e. The largest absolute Gasteiger partial charge is 0.331 e. The first-order chi connectivity index (χ1) is 11.1. The molecule has 0 atom stereocenters. The highest BCUT2D eigenvalue weighted by atomic mass is 16.2. The quantitative estimate of drug-likeness (QED) is 0.816. The van der Waals surface area contributed by atoms with Crippen molar-refractivity contribution in [3.63, 3.8) is 0 Å². The topological polar surface area (TPSA) is 61.7 Å². The molecule has 1 saturated heterocycles. The average Bonchev–Trinajstić information content (AvgIpc) is 2.57. The zero-order chi connectivity index (χ0) is 16.4. The fourth-order valence-corrected chi connectivity index (χ4v) is 2.78. The van der Waals surface area contributed by atoms with E-state index < -0.39 is 0 Å². The van der Waals surface area contributed by atoms with Gasteiger partial charge in [-0.3, -0.25) is 9.69 Å². The second kappa shape index (κ2) is 6.37. The van der Waals surface area contributed by atoms with E-state index in [1.54, 1.807) is 25.2 Å². The van der Waals surface area contributed by atoms with Gasteiger partial charge in [-0.1, -0.05) is 18.2 Å². The standard InChI is InChI=1S/C16H21N5O2/c1-18(2)16(23)20-9-7-19(8-10-20)12-21-15(22)14-6-4-3-5-13(14)11-17-21/h3-6,11H,7-10,12H2,1-2H3. The number of amides is 2. The number of hydrogen-bond donors (Lipinski definition) is 0. The normalized spacial score (nSPS) is 15.8. The molecule has 3 rings (SSSR count). The predicted octanol–water partition coefficient (Wildman–Crippen LogP) is 0.653. The van der Waals surface area contributed by atoms with Gasteiger partial charge in [0.2, 0.25) is 0 Å². The molecule has 0 saturated carbocycles. The molecular formula is C16H21N5O2. The summed E-state index contributed by atoms with van der Waals surface area (Å²) < 4.78 is 1.49. The molecule has 0 N–H and O–H groups in total. The van der Waals surface area contributed by atoms with Crippen molar-refractivity contribution in [2.45, 2.75) is 6.67 Å². The lowest BCUT2D eigenvalue weighted by Crippen LogP contribution is -2.52. The average molecular weight is 315 g/mol. The molecule has 0 radical (unpaired) electrons. The third kappa shape index (κ3) is 3.19. The summed E-state index contributed by atoms with van der Waals surface area (Å²) in [6, 6.07) is 7.50. The highest BCUT2D eigenvalue weighted by Gasteiger charge is 2.22. The van der Waals surface area contributed by atoms with Crippen LogP contribution in [0.1, 0.15) is 0 Å². The van der Waals surface area contributed by atoms with Crippen LogP contribution >= 0.6 is 0 Å². The highest BCUT2D eigenvalue weighted by Crippen LogP contribution is 2.08. The van der Waals surface area contributed by atoms with Crippen LogP contribution in [0.3, 0.4) is 0 Å². The minimum atomic E-state index is -0.0742. The zero-order valence-corrected chi connectivity index (χ0v) is 13.5. The lowest BCUT2D eigenvalue weighted by Gasteiger charge is -2.35. The van der Waals surface area contributed by atoms with Crippen molar-refractivity contribution in [1.29, 1.82) is 0 Å². The lowest BCUT2D eigenvalue weighted by molar-refractivity contribution is 0.102. The first kappa shape index (κ1) is 15.5. The molecule has 2 heterocycles. The van der Waals surface area contributed by atoms with Crippen LogP contribution in [0.15, 0.2) is 35.3 Å². The van der Waals surface area contributed by atoms with E-state index in [-0.39, 0.29) is 11.6 Å². The molecule has 1 aromatic carbocycles. The number of urea groups is 1. The molecule has 0 unspecified atom stereocenters. The number of benzene rings is 1. The summed E-state index contributed by atoms with van der Waals surface area (Å²) in [5.74, 6) is 0. The number of aromatic nitrogens is 2. The van der Waals surface area contributed by atoms with E-state index in [4.69, 9.17) is 0 Å². The van der Waals surface area contributed by atoms with Crippen molar-refractivity contribution in [3.05, 3.63) is 40.8 Å². The van der Waals surface area contributed by atoms with Crippen LogP contribution in [0.5, 0.6) is 0 Å². The van der Waals surface area contributed by atoms with Gasteiger partial charge < -0.3 is 9.80 Å². The molecule has 0 spiro atoms. The van der Waals surface area contributed by atoms with Crippen LogP contribution in [0, 0.1) is 0 Å². The van der Waals surface area contributed by atoms with Crippen LogP contribution < -0.4 is 5.56 Å². The molecule has 2 aromatic rings. The number of piperazine rings is 1. The van der Waals surface area contributed by atoms with Crippen LogP contribution in [-0.4, -0.2) is 70.8 Å². The van der Waals surface area contributed by atoms with Crippen molar-refractivity contribution in [1.82, 2.24) is 24.5 Å². The van der Waals surface area contributed by atoms with Gasteiger partial charge in [0.25, 0.3) is 5.56 Å². The van der Waals surface area contributed by atoms with Gasteiger partial charge in [-0.15, -0.1) is 0 Å². The molecule has 7 heteroatoms. The monoisotopic (exact) mass is 315 g/mol. The van der Waals surface area contributed by atoms with Gasteiger partial charge in [-0.25, -0.2) is 9.48 Å². The Kier molecular flexibility index (Phi) is 4.29. The second-order valence-corrected chi connectivity index (χ2v) is 5.96. The summed E-state index contributed by atoms with van der Waals surface area (Å²) in [4.78, 5) is 30.0. The Morgan fingerprint density at radius 1 is 1.17 bits per heavy atom. The number of rotatable bonds is 2. The first-order valence-corrected chi connectivity index (χ1v) is 7.70. The van der Waals surface area contributed by atoms with Gasteiger partial charge in [-0.05, 0) is 6.07 Å². The van der Waals surface area contributed by atoms with E-state index in [9.17, 15) is 9.59 Å². The Hall–Kier alpha value is -2.41. The lowest BCUT2D eigenvalue weighted by atomic mass is 10.2. The van der Waals surface area contributed by atoms with Gasteiger partial charge in [0, 0.05) is 45.7 Å². The molecule has 0 bridgehead atoms. The van der Waals surface area contributed by atoms with Crippen LogP contribution in [0.2, 0.25) is 0 Å². The van der Waals surface area contributed by atoms with Gasteiger partial charge in [0.15, 0.2) is 0 Å². The number of nitrogens with zero attached hydrogens (tertiary/aromatic N) is 5. The second-order valence-electron chi connectivity index (χ2n) is 5.96. The predicted molar refractivity (Wildman–Crippen MR) is 88.2 cm³/mol. The van der Waals surface area contributed by atoms with Crippen LogP contribution in [-0.2, 0) is 6.67 Å². The van der Waals surface area contributed by atoms with Gasteiger partial charge in [0.1, 0.15) is 0 Å². The Labute approximate surface area is 134 Å². The molecule has 1 aliphatic rings. The Balaban J connectivity index is 1.69. The number of fused-ring (bicyclic) bond motifs is 1. The summed E-state index contributed by atoms with van der Waals surface area (Å²) in [7, 11) is 3.51. The maximum absolute atomic E-state index is 12.5. The molecular weight excluding hydrogens is 294 g/mol. The highest BCUT2D eigenvalue weighted by molar-refractivity contribution is 5.80. The molecule has 23 heavy (non-hydrogen) atoms. The number of carbonyl (C=O) groups is 1. The van der Waals surface area contributed by atoms with E-state index in [0.29, 0.717) is 25.1 Å². The molecule has 1 aromatic heterocycles. The summed E-state index contributed by atoms with van der Waals surface area (Å²) >= 11 is 0. The maximum Gasteiger partial charge on any atom is 0.319 e. The Morgan fingerprint density at radius 3 is 2.57 bits per heavy atom. The van der Waals surface area contributed by atoms with E-state index >= 15 is 0 Å². The van der Waals surface area contributed by atoms with Gasteiger partial charge >= 0.3 is 6.03 Å². The summed E-state index contributed by atoms with van der Waals surface area (Å²) in [5.41, 5.74) is -0.0742. The fourth-order valence-electron chi connectivity index (χ4n) is 2.78. The maximum atomic E-state index is 12.5. The van der Waals surface area contributed by atoms with E-state index in [1.165, 1.54) is 4.68 Å². The molecule has 122 valence electrons. The molecule has 2 amide bonds. The first-order valence-electron chi connectivity index (χ1n) is 7.70. The minimum absolute atomic E-state index is 0.0330. The number of hydrogen-bond acceptors (Lipinski definition) is 4. The van der Waals surface area contributed by atoms with E-state index in [1.807, 2.05) is 29.2 Å². The SMILES string of the molecule is CN(C)C(=O)N1CCN(Cn2ncc3ccccc3c2=O)CC1. The summed E-state index contributed by atoms with van der Waals surface area (Å²) in [6.07, 6.45) is 1.72. The van der Waals surface area contributed by atoms with E-state index in [2.05, 4.69) is 10.00 Å². The van der Waals surface area contributed by atoms with Gasteiger partial charge in [-0.2, -0.15) is 5.10 Å². The van der Waals surface area contributed by atoms with Crippen molar-refractivity contribution in [2.24, 2.45) is 0 Å². The van der Waals surface area contributed by atoms with E-state index in [0.717, 1.165) is 18.5 Å². The minimum Gasteiger partial charge on any atom is -0.331 e. The van der Waals surface area contributed by atoms with Crippen molar-refractivity contribution < 1.29 is 4.79 Å². The molecule has 7 nitrogen and oxygen atoms in total. The summed E-state index contributed by atoms with van der Waals surface area (Å²) in [5, 5.41) is 5.80. The molecule has 1 aliphatic heterocycles. The zero-order valence-electron chi connectivity index (χ0n) is 13.5. The molecule has 0 aliphatic carbocycles. The molecule has 1 fully saturated rings. The third-order valence-corrected chi connectivity index (χ3v) is 4.12. The Morgan fingerprint density at radius 2 is 1.87 bits per heavy atom. The van der Waals surface area contributed by atoms with Crippen molar-refractivity contribution >= 4 is 16.8 Å².